The second-order valence-electron chi connectivity index (χ2n) is 9.56. The van der Waals surface area contributed by atoms with E-state index in [1.54, 1.807) is 12.7 Å². The van der Waals surface area contributed by atoms with Crippen LogP contribution in [0, 0.1) is 5.92 Å². The van der Waals surface area contributed by atoms with Crippen molar-refractivity contribution in [2.45, 2.75) is 59.5 Å². The molecule has 2 aromatic carbocycles. The van der Waals surface area contributed by atoms with Gasteiger partial charge < -0.3 is 9.47 Å². The summed E-state index contributed by atoms with van der Waals surface area (Å²) in [6, 6.07) is 13.1. The summed E-state index contributed by atoms with van der Waals surface area (Å²) >= 11 is 0. The van der Waals surface area contributed by atoms with Gasteiger partial charge >= 0.3 is 0 Å². The maximum atomic E-state index is 6.19. The highest BCUT2D eigenvalue weighted by molar-refractivity contribution is 5.72. The van der Waals surface area contributed by atoms with E-state index in [0.29, 0.717) is 12.5 Å². The van der Waals surface area contributed by atoms with E-state index in [2.05, 4.69) is 62.1 Å². The second-order valence-corrected chi connectivity index (χ2v) is 9.56. The van der Waals surface area contributed by atoms with Crippen LogP contribution in [-0.4, -0.2) is 31.6 Å². The maximum Gasteiger partial charge on any atom is 0.125 e. The highest BCUT2D eigenvalue weighted by atomic mass is 16.5. The number of rotatable bonds is 8. The summed E-state index contributed by atoms with van der Waals surface area (Å²) in [4.78, 5) is 2.61. The molecule has 0 N–H and O–H groups in total. The lowest BCUT2D eigenvalue weighted by atomic mass is 9.86. The van der Waals surface area contributed by atoms with Crippen molar-refractivity contribution in [3.8, 4) is 11.5 Å². The Bertz CT molecular complexity index is 938. The average Bonchev–Trinajstić information content (AvgIpc) is 3.27. The highest BCUT2D eigenvalue weighted by Crippen LogP contribution is 2.34. The van der Waals surface area contributed by atoms with Crippen LogP contribution in [0.2, 0.25) is 0 Å². The van der Waals surface area contributed by atoms with Crippen LogP contribution in [0.25, 0.3) is 5.57 Å². The molecule has 3 nitrogen and oxygen atoms in total. The topological polar surface area (TPSA) is 21.7 Å². The Kier molecular flexibility index (Phi) is 7.02. The van der Waals surface area contributed by atoms with Crippen molar-refractivity contribution in [3.05, 3.63) is 64.2 Å². The van der Waals surface area contributed by atoms with Gasteiger partial charge in [-0.3, -0.25) is 4.90 Å². The minimum Gasteiger partial charge on any atom is -0.496 e. The van der Waals surface area contributed by atoms with Crippen LogP contribution in [0.1, 0.15) is 62.3 Å². The standard InChI is InChI=1S/C28H37NO2/c1-20(2)15-22-7-8-25(28(16-22)30-4)19-31-26-11-12-27-21(3)24(10-9-23(27)17-26)18-29-13-5-6-14-29/h7-8,11-12,16-17,20H,5-6,9-10,13-15,18-19H2,1-4H3. The molecule has 166 valence electrons. The van der Waals surface area contributed by atoms with Crippen molar-refractivity contribution < 1.29 is 9.47 Å². The maximum absolute atomic E-state index is 6.19. The first kappa shape index (κ1) is 22.0. The third-order valence-corrected chi connectivity index (χ3v) is 6.71. The summed E-state index contributed by atoms with van der Waals surface area (Å²) in [6.07, 6.45) is 6.06. The minimum absolute atomic E-state index is 0.527. The zero-order valence-corrected chi connectivity index (χ0v) is 19.7. The molecule has 0 amide bonds. The van der Waals surface area contributed by atoms with Crippen molar-refractivity contribution in [1.29, 1.82) is 0 Å². The van der Waals surface area contributed by atoms with Crippen molar-refractivity contribution in [2.24, 2.45) is 5.92 Å². The predicted octanol–water partition coefficient (Wildman–Crippen LogP) is 6.29. The van der Waals surface area contributed by atoms with E-state index in [0.717, 1.165) is 36.4 Å². The minimum atomic E-state index is 0.527. The molecule has 1 aliphatic heterocycles. The van der Waals surface area contributed by atoms with Crippen LogP contribution in [0.15, 0.2) is 42.0 Å². The number of methoxy groups -OCH3 is 1. The van der Waals surface area contributed by atoms with E-state index in [-0.39, 0.29) is 0 Å². The molecule has 1 heterocycles. The molecule has 4 rings (SSSR count). The van der Waals surface area contributed by atoms with Gasteiger partial charge in [-0.2, -0.15) is 0 Å². The van der Waals surface area contributed by atoms with Crippen molar-refractivity contribution >= 4 is 5.57 Å². The smallest absolute Gasteiger partial charge is 0.125 e. The first-order valence-corrected chi connectivity index (χ1v) is 11.9. The number of allylic oxidation sites excluding steroid dienone is 1. The lowest BCUT2D eigenvalue weighted by Crippen LogP contribution is -2.23. The van der Waals surface area contributed by atoms with E-state index in [1.807, 2.05) is 0 Å². The van der Waals surface area contributed by atoms with Gasteiger partial charge in [-0.1, -0.05) is 37.6 Å². The fourth-order valence-corrected chi connectivity index (χ4v) is 4.97. The van der Waals surface area contributed by atoms with Crippen molar-refractivity contribution in [3.63, 3.8) is 0 Å². The fraction of sp³-hybridized carbons (Fsp3) is 0.500. The first-order chi connectivity index (χ1) is 15.0. The third kappa shape index (κ3) is 5.33. The van der Waals surface area contributed by atoms with E-state index >= 15 is 0 Å². The number of fused-ring (bicyclic) bond motifs is 1. The van der Waals surface area contributed by atoms with Gasteiger partial charge in [-0.25, -0.2) is 0 Å². The third-order valence-electron chi connectivity index (χ3n) is 6.71. The van der Waals surface area contributed by atoms with E-state index in [4.69, 9.17) is 9.47 Å². The largest absolute Gasteiger partial charge is 0.496 e. The van der Waals surface area contributed by atoms with Crippen LogP contribution >= 0.6 is 0 Å². The van der Waals surface area contributed by atoms with Crippen molar-refractivity contribution in [2.75, 3.05) is 26.7 Å². The van der Waals surface area contributed by atoms with E-state index < -0.39 is 0 Å². The van der Waals surface area contributed by atoms with Crippen LogP contribution in [-0.2, 0) is 19.4 Å². The predicted molar refractivity (Wildman–Crippen MR) is 129 cm³/mol. The average molecular weight is 420 g/mol. The van der Waals surface area contributed by atoms with Gasteiger partial charge in [-0.15, -0.1) is 0 Å². The Labute approximate surface area is 188 Å². The van der Waals surface area contributed by atoms with Gasteiger partial charge in [-0.05, 0) is 98.5 Å². The Morgan fingerprint density at radius 2 is 1.81 bits per heavy atom. The molecule has 1 aliphatic carbocycles. The summed E-state index contributed by atoms with van der Waals surface area (Å²) < 4.78 is 11.8. The van der Waals surface area contributed by atoms with Gasteiger partial charge in [0.05, 0.1) is 7.11 Å². The molecule has 0 atom stereocenters. The van der Waals surface area contributed by atoms with E-state index in [1.165, 1.54) is 54.6 Å². The molecule has 0 bridgehead atoms. The number of likely N-dealkylation sites (tertiary alicyclic amines) is 1. The molecule has 31 heavy (non-hydrogen) atoms. The summed E-state index contributed by atoms with van der Waals surface area (Å²) in [7, 11) is 1.74. The van der Waals surface area contributed by atoms with Crippen LogP contribution in [0.4, 0.5) is 0 Å². The molecule has 0 unspecified atom stereocenters. The Morgan fingerprint density at radius 1 is 1.00 bits per heavy atom. The number of benzene rings is 2. The summed E-state index contributed by atoms with van der Waals surface area (Å²) in [5.74, 6) is 2.50. The second kappa shape index (κ2) is 9.91. The molecule has 2 aromatic rings. The monoisotopic (exact) mass is 419 g/mol. The number of aryl methyl sites for hydroxylation is 1. The lowest BCUT2D eigenvalue weighted by Gasteiger charge is -2.25. The molecule has 1 saturated heterocycles. The summed E-state index contributed by atoms with van der Waals surface area (Å²) in [5, 5.41) is 0. The van der Waals surface area contributed by atoms with Gasteiger partial charge in [0.15, 0.2) is 0 Å². The Balaban J connectivity index is 1.44. The summed E-state index contributed by atoms with van der Waals surface area (Å²) in [6.45, 7) is 11.0. The van der Waals surface area contributed by atoms with Crippen LogP contribution < -0.4 is 9.47 Å². The summed E-state index contributed by atoms with van der Waals surface area (Å²) in [5.41, 5.74) is 8.33. The number of ether oxygens (including phenoxy) is 2. The van der Waals surface area contributed by atoms with Crippen LogP contribution in [0.3, 0.4) is 0 Å². The molecular weight excluding hydrogens is 382 g/mol. The Hall–Kier alpha value is -2.26. The SMILES string of the molecule is COc1cc(CC(C)C)ccc1COc1ccc2c(c1)CCC(CN1CCCC1)=C2C. The molecule has 0 saturated carbocycles. The highest BCUT2D eigenvalue weighted by Gasteiger charge is 2.20. The molecule has 0 spiro atoms. The van der Waals surface area contributed by atoms with Gasteiger partial charge in [0, 0.05) is 12.1 Å². The van der Waals surface area contributed by atoms with Crippen LogP contribution in [0.5, 0.6) is 11.5 Å². The number of nitrogens with zero attached hydrogens (tertiary/aromatic N) is 1. The molecule has 0 aromatic heterocycles. The fourth-order valence-electron chi connectivity index (χ4n) is 4.97. The zero-order valence-electron chi connectivity index (χ0n) is 19.7. The van der Waals surface area contributed by atoms with Gasteiger partial charge in [0.25, 0.3) is 0 Å². The molecular formula is C28H37NO2. The van der Waals surface area contributed by atoms with E-state index in [9.17, 15) is 0 Å². The molecule has 2 aliphatic rings. The van der Waals surface area contributed by atoms with Crippen molar-refractivity contribution in [1.82, 2.24) is 4.90 Å². The molecule has 1 fully saturated rings. The van der Waals surface area contributed by atoms with Gasteiger partial charge in [0.1, 0.15) is 18.1 Å². The quantitative estimate of drug-likeness (QED) is 0.502. The molecule has 0 radical (unpaired) electrons. The normalized spacial score (nSPS) is 16.7. The van der Waals surface area contributed by atoms with Gasteiger partial charge in [0.2, 0.25) is 0 Å². The number of hydrogen-bond donors (Lipinski definition) is 0. The zero-order chi connectivity index (χ0) is 21.8. The first-order valence-electron chi connectivity index (χ1n) is 11.9. The lowest BCUT2D eigenvalue weighted by molar-refractivity contribution is 0.296. The Morgan fingerprint density at radius 3 is 2.55 bits per heavy atom. The number of hydrogen-bond acceptors (Lipinski definition) is 3. The molecule has 3 heteroatoms.